The van der Waals surface area contributed by atoms with Gasteiger partial charge in [-0.05, 0) is 12.1 Å². The van der Waals surface area contributed by atoms with E-state index in [-0.39, 0.29) is 11.0 Å². The van der Waals surface area contributed by atoms with E-state index in [1.807, 2.05) is 0 Å². The number of halogens is 5. The lowest BCUT2D eigenvalue weighted by atomic mass is 10.3. The van der Waals surface area contributed by atoms with E-state index in [0.717, 1.165) is 12.3 Å². The molecule has 7 heteroatoms. The summed E-state index contributed by atoms with van der Waals surface area (Å²) in [7, 11) is 0. The second-order valence-corrected chi connectivity index (χ2v) is 3.75. The average molecular weight is 269 g/mol. The molecule has 2 nitrogen and oxygen atoms in total. The van der Waals surface area contributed by atoms with Gasteiger partial charge in [-0.1, -0.05) is 11.6 Å². The monoisotopic (exact) mass is 268 g/mol. The zero-order chi connectivity index (χ0) is 11.9. The third-order valence-electron chi connectivity index (χ3n) is 2.08. The molecule has 2 heterocycles. The maximum absolute atomic E-state index is 12.4. The van der Waals surface area contributed by atoms with E-state index in [1.54, 1.807) is 0 Å². The summed E-state index contributed by atoms with van der Waals surface area (Å²) < 4.78 is 38.5. The van der Waals surface area contributed by atoms with Crippen molar-refractivity contribution < 1.29 is 13.2 Å². The highest BCUT2D eigenvalue weighted by molar-refractivity contribution is 6.31. The highest BCUT2D eigenvalue weighted by atomic mass is 35.5. The third kappa shape index (κ3) is 1.85. The fourth-order valence-corrected chi connectivity index (χ4v) is 1.82. The first-order valence-corrected chi connectivity index (χ1v) is 5.14. The quantitative estimate of drug-likeness (QED) is 0.721. The summed E-state index contributed by atoms with van der Waals surface area (Å²) in [5.41, 5.74) is -0.0725. The SMILES string of the molecule is FC(F)(F)c1ccc2nc(CCl)c(Cl)n2c1. The van der Waals surface area contributed by atoms with E-state index < -0.39 is 11.7 Å². The van der Waals surface area contributed by atoms with Crippen LogP contribution in [0.25, 0.3) is 5.65 Å². The van der Waals surface area contributed by atoms with Crippen molar-refractivity contribution in [1.82, 2.24) is 9.38 Å². The number of rotatable bonds is 1. The van der Waals surface area contributed by atoms with Crippen molar-refractivity contribution in [2.75, 3.05) is 0 Å². The molecule has 0 aliphatic rings. The fourth-order valence-electron chi connectivity index (χ4n) is 1.32. The van der Waals surface area contributed by atoms with Crippen LogP contribution in [0.5, 0.6) is 0 Å². The Kier molecular flexibility index (Phi) is 2.75. The number of nitrogens with zero attached hydrogens (tertiary/aromatic N) is 2. The van der Waals surface area contributed by atoms with Crippen LogP contribution in [0.1, 0.15) is 11.3 Å². The topological polar surface area (TPSA) is 17.3 Å². The zero-order valence-corrected chi connectivity index (χ0v) is 9.24. The Morgan fingerprint density at radius 2 is 2.00 bits per heavy atom. The van der Waals surface area contributed by atoms with Crippen LogP contribution in [0.15, 0.2) is 18.3 Å². The van der Waals surface area contributed by atoms with Crippen molar-refractivity contribution in [3.8, 4) is 0 Å². The molecular formula is C9H5Cl2F3N2. The van der Waals surface area contributed by atoms with Gasteiger partial charge in [0.1, 0.15) is 10.8 Å². The highest BCUT2D eigenvalue weighted by Crippen LogP contribution is 2.30. The minimum absolute atomic E-state index is 0.0574. The van der Waals surface area contributed by atoms with Crippen LogP contribution in [-0.2, 0) is 12.1 Å². The number of aromatic nitrogens is 2. The average Bonchev–Trinajstić information content (AvgIpc) is 2.54. The van der Waals surface area contributed by atoms with Crippen molar-refractivity contribution in [2.24, 2.45) is 0 Å². The molecule has 86 valence electrons. The molecule has 0 aromatic carbocycles. The Balaban J connectivity index is 2.66. The van der Waals surface area contributed by atoms with E-state index in [4.69, 9.17) is 23.2 Å². The fraction of sp³-hybridized carbons (Fsp3) is 0.222. The minimum atomic E-state index is -4.40. The van der Waals surface area contributed by atoms with Gasteiger partial charge in [-0.3, -0.25) is 4.40 Å². The Bertz CT molecular complexity index is 533. The molecule has 0 aliphatic heterocycles. The lowest BCUT2D eigenvalue weighted by Gasteiger charge is -2.06. The van der Waals surface area contributed by atoms with Gasteiger partial charge in [0, 0.05) is 6.20 Å². The number of hydrogen-bond acceptors (Lipinski definition) is 1. The molecule has 0 radical (unpaired) electrons. The van der Waals surface area contributed by atoms with Crippen molar-refractivity contribution in [2.45, 2.75) is 12.1 Å². The molecule has 0 saturated carbocycles. The molecular weight excluding hydrogens is 264 g/mol. The normalized spacial score (nSPS) is 12.3. The first-order valence-electron chi connectivity index (χ1n) is 4.23. The van der Waals surface area contributed by atoms with Gasteiger partial charge in [0.05, 0.1) is 17.1 Å². The lowest BCUT2D eigenvalue weighted by Crippen LogP contribution is -2.06. The molecule has 0 N–H and O–H groups in total. The highest BCUT2D eigenvalue weighted by Gasteiger charge is 2.31. The largest absolute Gasteiger partial charge is 0.417 e. The molecule has 2 aromatic rings. The van der Waals surface area contributed by atoms with Gasteiger partial charge < -0.3 is 0 Å². The van der Waals surface area contributed by atoms with E-state index in [0.29, 0.717) is 11.3 Å². The van der Waals surface area contributed by atoms with Gasteiger partial charge in [-0.15, -0.1) is 11.6 Å². The maximum atomic E-state index is 12.4. The molecule has 2 aromatic heterocycles. The first kappa shape index (κ1) is 11.5. The van der Waals surface area contributed by atoms with Crippen molar-refractivity contribution in [3.05, 3.63) is 34.7 Å². The van der Waals surface area contributed by atoms with Gasteiger partial charge in [0.2, 0.25) is 0 Å². The Labute approximate surface area is 98.6 Å². The third-order valence-corrected chi connectivity index (χ3v) is 2.73. The van der Waals surface area contributed by atoms with Crippen LogP contribution < -0.4 is 0 Å². The molecule has 0 spiro atoms. The second kappa shape index (κ2) is 3.82. The Morgan fingerprint density at radius 3 is 2.56 bits per heavy atom. The number of alkyl halides is 4. The standard InChI is InChI=1S/C9H5Cl2F3N2/c10-3-6-8(11)16-4-5(9(12,13)14)1-2-7(16)15-6/h1-2,4H,3H2. The van der Waals surface area contributed by atoms with Crippen LogP contribution in [0.4, 0.5) is 13.2 Å². The molecule has 0 amide bonds. The van der Waals surface area contributed by atoms with Crippen LogP contribution in [0, 0.1) is 0 Å². The summed E-state index contributed by atoms with van der Waals surface area (Å²) in [6.07, 6.45) is -3.50. The zero-order valence-electron chi connectivity index (χ0n) is 7.72. The van der Waals surface area contributed by atoms with Gasteiger partial charge in [0.25, 0.3) is 0 Å². The van der Waals surface area contributed by atoms with Crippen molar-refractivity contribution in [1.29, 1.82) is 0 Å². The van der Waals surface area contributed by atoms with E-state index >= 15 is 0 Å². The molecule has 0 unspecified atom stereocenters. The van der Waals surface area contributed by atoms with Gasteiger partial charge in [-0.2, -0.15) is 13.2 Å². The molecule has 16 heavy (non-hydrogen) atoms. The van der Waals surface area contributed by atoms with Crippen molar-refractivity contribution >= 4 is 28.8 Å². The van der Waals surface area contributed by atoms with Crippen LogP contribution in [0.3, 0.4) is 0 Å². The Hall–Kier alpha value is -0.940. The van der Waals surface area contributed by atoms with Crippen LogP contribution in [0.2, 0.25) is 5.15 Å². The van der Waals surface area contributed by atoms with Gasteiger partial charge in [0.15, 0.2) is 0 Å². The van der Waals surface area contributed by atoms with Crippen LogP contribution in [-0.4, -0.2) is 9.38 Å². The predicted molar refractivity (Wildman–Crippen MR) is 54.8 cm³/mol. The smallest absolute Gasteiger partial charge is 0.290 e. The maximum Gasteiger partial charge on any atom is 0.417 e. The second-order valence-electron chi connectivity index (χ2n) is 3.13. The van der Waals surface area contributed by atoms with Gasteiger partial charge >= 0.3 is 6.18 Å². The van der Waals surface area contributed by atoms with E-state index in [9.17, 15) is 13.2 Å². The van der Waals surface area contributed by atoms with E-state index in [2.05, 4.69) is 4.98 Å². The van der Waals surface area contributed by atoms with Crippen molar-refractivity contribution in [3.63, 3.8) is 0 Å². The number of imidazole rings is 1. The molecule has 0 aliphatic carbocycles. The lowest BCUT2D eigenvalue weighted by molar-refractivity contribution is -0.137. The van der Waals surface area contributed by atoms with E-state index in [1.165, 1.54) is 10.5 Å². The summed E-state index contributed by atoms with van der Waals surface area (Å²) in [6, 6.07) is 2.21. The number of hydrogen-bond donors (Lipinski definition) is 0. The summed E-state index contributed by atoms with van der Waals surface area (Å²) in [6.45, 7) is 0. The molecule has 0 fully saturated rings. The number of pyridine rings is 1. The van der Waals surface area contributed by atoms with Crippen LogP contribution >= 0.6 is 23.2 Å². The van der Waals surface area contributed by atoms with Gasteiger partial charge in [-0.25, -0.2) is 4.98 Å². The minimum Gasteiger partial charge on any atom is -0.290 e. The molecule has 2 rings (SSSR count). The summed E-state index contributed by atoms with van der Waals surface area (Å²) in [5.74, 6) is 0.0574. The molecule has 0 atom stereocenters. The molecule has 0 saturated heterocycles. The summed E-state index contributed by atoms with van der Waals surface area (Å²) in [5, 5.41) is 0.108. The number of fused-ring (bicyclic) bond motifs is 1. The summed E-state index contributed by atoms with van der Waals surface area (Å²) >= 11 is 11.4. The molecule has 0 bridgehead atoms. The first-order chi connectivity index (χ1) is 7.43. The predicted octanol–water partition coefficient (Wildman–Crippen LogP) is 3.75. The Morgan fingerprint density at radius 1 is 1.31 bits per heavy atom. The summed E-state index contributed by atoms with van der Waals surface area (Å²) in [4.78, 5) is 3.99.